The Hall–Kier alpha value is -1.82. The van der Waals surface area contributed by atoms with Gasteiger partial charge in [0.25, 0.3) is 0 Å². The number of carbonyl (C=O) groups excluding carboxylic acids is 1. The second-order valence-electron chi connectivity index (χ2n) is 3.71. The molecule has 0 heterocycles. The summed E-state index contributed by atoms with van der Waals surface area (Å²) in [7, 11) is 4.57. The van der Waals surface area contributed by atoms with Crippen LogP contribution in [0.5, 0.6) is 5.75 Å². The van der Waals surface area contributed by atoms with Crippen LogP contribution in [0.4, 0.5) is 0 Å². The fraction of sp³-hybridized carbons (Fsp3) is 0.417. The first-order chi connectivity index (χ1) is 8.99. The quantitative estimate of drug-likeness (QED) is 0.361. The molecule has 1 unspecified atom stereocenters. The zero-order valence-electron chi connectivity index (χ0n) is 11.3. The first-order valence-electron chi connectivity index (χ1n) is 5.56. The number of ether oxygens (including phenoxy) is 2. The third kappa shape index (κ3) is 4.10. The lowest BCUT2D eigenvalue weighted by atomic mass is 10.2. The Labute approximate surface area is 116 Å². The van der Waals surface area contributed by atoms with Crippen molar-refractivity contribution >= 4 is 17.6 Å². The standard InChI is InChI=1S/C12H16ClN3O3/c1-8(16(3)15-14-2)19-11-7-9(13)5-6-10(11)12(17)18-4/h5-8H,1-4H3. The van der Waals surface area contributed by atoms with Crippen molar-refractivity contribution in [3.63, 3.8) is 0 Å². The number of methoxy groups -OCH3 is 1. The lowest BCUT2D eigenvalue weighted by Crippen LogP contribution is -2.29. The van der Waals surface area contributed by atoms with Crippen LogP contribution in [0.25, 0.3) is 0 Å². The van der Waals surface area contributed by atoms with Crippen LogP contribution in [0.1, 0.15) is 17.3 Å². The van der Waals surface area contributed by atoms with E-state index in [-0.39, 0.29) is 0 Å². The first kappa shape index (κ1) is 15.2. The molecule has 0 N–H and O–H groups in total. The number of esters is 1. The van der Waals surface area contributed by atoms with Crippen molar-refractivity contribution in [1.29, 1.82) is 0 Å². The van der Waals surface area contributed by atoms with Crippen molar-refractivity contribution in [3.05, 3.63) is 28.8 Å². The molecule has 1 aromatic carbocycles. The molecule has 0 saturated heterocycles. The Kier molecular flexibility index (Phi) is 5.57. The van der Waals surface area contributed by atoms with Gasteiger partial charge in [-0.05, 0) is 25.1 Å². The van der Waals surface area contributed by atoms with E-state index in [1.54, 1.807) is 39.2 Å². The van der Waals surface area contributed by atoms with Gasteiger partial charge in [0.05, 0.1) is 14.2 Å². The van der Waals surface area contributed by atoms with Gasteiger partial charge >= 0.3 is 5.97 Å². The number of hydrogen-bond donors (Lipinski definition) is 0. The monoisotopic (exact) mass is 285 g/mol. The molecular formula is C12H16ClN3O3. The van der Waals surface area contributed by atoms with E-state index in [0.29, 0.717) is 16.3 Å². The van der Waals surface area contributed by atoms with Gasteiger partial charge in [-0.25, -0.2) is 9.80 Å². The molecule has 0 aromatic heterocycles. The molecule has 7 heteroatoms. The van der Waals surface area contributed by atoms with Crippen LogP contribution in [0, 0.1) is 0 Å². The van der Waals surface area contributed by atoms with Crippen LogP contribution in [0.3, 0.4) is 0 Å². The highest BCUT2D eigenvalue weighted by Gasteiger charge is 2.17. The molecule has 0 aliphatic rings. The Morgan fingerprint density at radius 1 is 1.47 bits per heavy atom. The molecule has 0 aliphatic carbocycles. The predicted octanol–water partition coefficient (Wildman–Crippen LogP) is 2.78. The van der Waals surface area contributed by atoms with Gasteiger partial charge in [-0.1, -0.05) is 16.8 Å². The zero-order valence-corrected chi connectivity index (χ0v) is 12.0. The molecule has 0 spiro atoms. The summed E-state index contributed by atoms with van der Waals surface area (Å²) in [5.41, 5.74) is 0.306. The van der Waals surface area contributed by atoms with Crippen molar-refractivity contribution in [2.24, 2.45) is 10.3 Å². The lowest BCUT2D eigenvalue weighted by Gasteiger charge is -2.22. The fourth-order valence-electron chi connectivity index (χ4n) is 1.35. The molecule has 1 atom stereocenters. The van der Waals surface area contributed by atoms with Crippen LogP contribution < -0.4 is 4.74 Å². The molecule has 0 saturated carbocycles. The van der Waals surface area contributed by atoms with Gasteiger partial charge in [-0.3, -0.25) is 0 Å². The average molecular weight is 286 g/mol. The molecule has 0 fully saturated rings. The highest BCUT2D eigenvalue weighted by atomic mass is 35.5. The van der Waals surface area contributed by atoms with Crippen molar-refractivity contribution in [2.45, 2.75) is 13.2 Å². The molecular weight excluding hydrogens is 270 g/mol. The minimum atomic E-state index is -0.487. The molecule has 0 aliphatic heterocycles. The number of benzene rings is 1. The second kappa shape index (κ2) is 6.94. The molecule has 1 aromatic rings. The Morgan fingerprint density at radius 2 is 2.16 bits per heavy atom. The predicted molar refractivity (Wildman–Crippen MR) is 71.4 cm³/mol. The Bertz CT molecular complexity index is 479. The van der Waals surface area contributed by atoms with E-state index in [4.69, 9.17) is 16.3 Å². The summed E-state index contributed by atoms with van der Waals surface area (Å²) in [6.07, 6.45) is -0.412. The number of hydrogen-bond acceptors (Lipinski definition) is 5. The van der Waals surface area contributed by atoms with Crippen molar-refractivity contribution in [1.82, 2.24) is 5.01 Å². The summed E-state index contributed by atoms with van der Waals surface area (Å²) in [4.78, 5) is 11.6. The molecule has 6 nitrogen and oxygen atoms in total. The van der Waals surface area contributed by atoms with E-state index >= 15 is 0 Å². The van der Waals surface area contributed by atoms with Gasteiger partial charge in [0.2, 0.25) is 0 Å². The molecule has 104 valence electrons. The fourth-order valence-corrected chi connectivity index (χ4v) is 1.51. The Balaban J connectivity index is 2.98. The lowest BCUT2D eigenvalue weighted by molar-refractivity contribution is 0.0492. The highest BCUT2D eigenvalue weighted by molar-refractivity contribution is 6.30. The molecule has 0 radical (unpaired) electrons. The van der Waals surface area contributed by atoms with Gasteiger partial charge < -0.3 is 9.47 Å². The van der Waals surface area contributed by atoms with E-state index in [0.717, 1.165) is 0 Å². The summed E-state index contributed by atoms with van der Waals surface area (Å²) in [6, 6.07) is 4.71. The second-order valence-corrected chi connectivity index (χ2v) is 4.15. The van der Waals surface area contributed by atoms with Gasteiger partial charge in [0.15, 0.2) is 6.23 Å². The summed E-state index contributed by atoms with van der Waals surface area (Å²) < 4.78 is 10.3. The first-order valence-corrected chi connectivity index (χ1v) is 5.94. The maximum absolute atomic E-state index is 11.6. The van der Waals surface area contributed by atoms with Crippen molar-refractivity contribution < 1.29 is 14.3 Å². The zero-order chi connectivity index (χ0) is 14.4. The third-order valence-electron chi connectivity index (χ3n) is 2.40. The third-order valence-corrected chi connectivity index (χ3v) is 2.64. The maximum Gasteiger partial charge on any atom is 0.341 e. The Morgan fingerprint density at radius 3 is 2.74 bits per heavy atom. The normalized spacial score (nSPS) is 12.3. The molecule has 19 heavy (non-hydrogen) atoms. The van der Waals surface area contributed by atoms with Gasteiger partial charge in [0, 0.05) is 12.1 Å². The molecule has 0 amide bonds. The van der Waals surface area contributed by atoms with E-state index in [2.05, 4.69) is 15.1 Å². The SMILES string of the molecule is CN=NN(C)C(C)Oc1cc(Cl)ccc1C(=O)OC. The minimum Gasteiger partial charge on any atom is -0.468 e. The smallest absolute Gasteiger partial charge is 0.341 e. The highest BCUT2D eigenvalue weighted by Crippen LogP contribution is 2.25. The average Bonchev–Trinajstić information content (AvgIpc) is 2.38. The summed E-state index contributed by atoms with van der Waals surface area (Å²) in [6.45, 7) is 1.77. The maximum atomic E-state index is 11.6. The van der Waals surface area contributed by atoms with Crippen LogP contribution >= 0.6 is 11.6 Å². The van der Waals surface area contributed by atoms with Crippen molar-refractivity contribution in [3.8, 4) is 5.75 Å². The summed E-state index contributed by atoms with van der Waals surface area (Å²) in [5.74, 6) is -0.149. The number of rotatable bonds is 5. The van der Waals surface area contributed by atoms with Crippen LogP contribution in [0.2, 0.25) is 5.02 Å². The number of nitrogens with zero attached hydrogens (tertiary/aromatic N) is 3. The van der Waals surface area contributed by atoms with E-state index < -0.39 is 12.2 Å². The molecule has 0 bridgehead atoms. The van der Waals surface area contributed by atoms with Gasteiger partial charge in [-0.15, -0.1) is 0 Å². The van der Waals surface area contributed by atoms with Crippen LogP contribution in [-0.4, -0.2) is 38.4 Å². The molecule has 1 rings (SSSR count). The summed E-state index contributed by atoms with van der Waals surface area (Å²) >= 11 is 5.90. The van der Waals surface area contributed by atoms with E-state index in [9.17, 15) is 4.79 Å². The number of carbonyl (C=O) groups is 1. The van der Waals surface area contributed by atoms with Crippen molar-refractivity contribution in [2.75, 3.05) is 21.2 Å². The van der Waals surface area contributed by atoms with E-state index in [1.807, 2.05) is 0 Å². The van der Waals surface area contributed by atoms with Gasteiger partial charge in [0.1, 0.15) is 11.3 Å². The summed E-state index contributed by atoms with van der Waals surface area (Å²) in [5, 5.41) is 9.45. The topological polar surface area (TPSA) is 63.5 Å². The van der Waals surface area contributed by atoms with E-state index in [1.165, 1.54) is 12.1 Å². The van der Waals surface area contributed by atoms with Crippen LogP contribution in [-0.2, 0) is 4.74 Å². The minimum absolute atomic E-state index is 0.306. The van der Waals surface area contributed by atoms with Crippen LogP contribution in [0.15, 0.2) is 28.5 Å². The number of halogens is 1. The largest absolute Gasteiger partial charge is 0.468 e. The van der Waals surface area contributed by atoms with Gasteiger partial charge in [-0.2, -0.15) is 5.11 Å².